The Balaban J connectivity index is 2.10. The first-order valence-corrected chi connectivity index (χ1v) is 7.03. The van der Waals surface area contributed by atoms with Crippen LogP contribution in [0.1, 0.15) is 18.4 Å². The minimum atomic E-state index is -0.496. The lowest BCUT2D eigenvalue weighted by atomic mass is 9.99. The van der Waals surface area contributed by atoms with E-state index in [-0.39, 0.29) is 5.69 Å². The molecule has 1 aromatic carbocycles. The maximum Gasteiger partial charge on any atom is 0.149 e. The molecule has 112 valence electrons. The Morgan fingerprint density at radius 2 is 1.85 bits per heavy atom. The molecule has 0 atom stereocenters. The van der Waals surface area contributed by atoms with Crippen LogP contribution >= 0.6 is 0 Å². The molecule has 0 spiro atoms. The SMILES string of the molecule is CNCc1cc(F)c(N(C)CC2CCOCC2)c(F)c1. The van der Waals surface area contributed by atoms with E-state index in [2.05, 4.69) is 5.32 Å². The third-order valence-electron chi connectivity index (χ3n) is 3.71. The van der Waals surface area contributed by atoms with Gasteiger partial charge in [-0.25, -0.2) is 8.78 Å². The van der Waals surface area contributed by atoms with Crippen LogP contribution in [0.3, 0.4) is 0 Å². The van der Waals surface area contributed by atoms with E-state index < -0.39 is 11.6 Å². The average molecular weight is 284 g/mol. The smallest absolute Gasteiger partial charge is 0.149 e. The van der Waals surface area contributed by atoms with E-state index >= 15 is 0 Å². The van der Waals surface area contributed by atoms with E-state index in [0.29, 0.717) is 24.6 Å². The summed E-state index contributed by atoms with van der Waals surface area (Å²) in [6.45, 7) is 2.59. The average Bonchev–Trinajstić information content (AvgIpc) is 2.39. The number of halogens is 2. The molecule has 2 rings (SSSR count). The summed E-state index contributed by atoms with van der Waals surface area (Å²) in [5, 5.41) is 2.89. The number of ether oxygens (including phenoxy) is 1. The normalized spacial score (nSPS) is 16.4. The topological polar surface area (TPSA) is 24.5 Å². The molecule has 1 heterocycles. The summed E-state index contributed by atoms with van der Waals surface area (Å²) in [5.41, 5.74) is 0.682. The fraction of sp³-hybridized carbons (Fsp3) is 0.600. The van der Waals surface area contributed by atoms with Gasteiger partial charge >= 0.3 is 0 Å². The zero-order chi connectivity index (χ0) is 14.5. The quantitative estimate of drug-likeness (QED) is 0.899. The zero-order valence-corrected chi connectivity index (χ0v) is 12.1. The summed E-state index contributed by atoms with van der Waals surface area (Å²) >= 11 is 0. The van der Waals surface area contributed by atoms with Crippen LogP contribution in [-0.2, 0) is 11.3 Å². The highest BCUT2D eigenvalue weighted by Crippen LogP contribution is 2.26. The minimum Gasteiger partial charge on any atom is -0.381 e. The molecule has 0 aliphatic carbocycles. The fourth-order valence-electron chi connectivity index (χ4n) is 2.70. The standard InChI is InChI=1S/C15H22F2N2O/c1-18-9-12-7-13(16)15(14(17)8-12)19(2)10-11-3-5-20-6-4-11/h7-8,11,18H,3-6,9-10H2,1-2H3. The minimum absolute atomic E-state index is 0.0661. The van der Waals surface area contributed by atoms with Crippen molar-refractivity contribution in [3.8, 4) is 0 Å². The molecular weight excluding hydrogens is 262 g/mol. The number of hydrogen-bond donors (Lipinski definition) is 1. The van der Waals surface area contributed by atoms with E-state index in [4.69, 9.17) is 4.74 Å². The van der Waals surface area contributed by atoms with Gasteiger partial charge in [0.15, 0.2) is 0 Å². The number of hydrogen-bond acceptors (Lipinski definition) is 3. The Labute approximate surface area is 118 Å². The Morgan fingerprint density at radius 3 is 2.40 bits per heavy atom. The van der Waals surface area contributed by atoms with Gasteiger partial charge < -0.3 is 15.0 Å². The van der Waals surface area contributed by atoms with Crippen molar-refractivity contribution in [2.75, 3.05) is 38.8 Å². The van der Waals surface area contributed by atoms with Crippen LogP contribution in [0, 0.1) is 17.6 Å². The first kappa shape index (κ1) is 15.2. The Kier molecular flexibility index (Phi) is 5.31. The van der Waals surface area contributed by atoms with Crippen molar-refractivity contribution in [3.63, 3.8) is 0 Å². The predicted molar refractivity (Wildman–Crippen MR) is 75.9 cm³/mol. The summed E-state index contributed by atoms with van der Waals surface area (Å²) < 4.78 is 33.5. The molecule has 3 nitrogen and oxygen atoms in total. The molecule has 5 heteroatoms. The Bertz CT molecular complexity index is 424. The summed E-state index contributed by atoms with van der Waals surface area (Å²) in [6, 6.07) is 2.80. The van der Waals surface area contributed by atoms with Crippen LogP contribution < -0.4 is 10.2 Å². The molecule has 1 aliphatic rings. The van der Waals surface area contributed by atoms with Gasteiger partial charge in [-0.3, -0.25) is 0 Å². The molecule has 1 N–H and O–H groups in total. The third kappa shape index (κ3) is 3.67. The van der Waals surface area contributed by atoms with Crippen molar-refractivity contribution in [2.45, 2.75) is 19.4 Å². The summed E-state index contributed by atoms with van der Waals surface area (Å²) in [6.07, 6.45) is 1.90. The third-order valence-corrected chi connectivity index (χ3v) is 3.71. The van der Waals surface area contributed by atoms with Crippen LogP contribution in [-0.4, -0.2) is 33.9 Å². The van der Waals surface area contributed by atoms with Gasteiger partial charge in [0.2, 0.25) is 0 Å². The molecule has 1 saturated heterocycles. The maximum atomic E-state index is 14.1. The highest BCUT2D eigenvalue weighted by atomic mass is 19.1. The van der Waals surface area contributed by atoms with E-state index in [9.17, 15) is 8.78 Å². The molecule has 0 unspecified atom stereocenters. The van der Waals surface area contributed by atoms with Crippen LogP contribution in [0.4, 0.5) is 14.5 Å². The Morgan fingerprint density at radius 1 is 1.25 bits per heavy atom. The monoisotopic (exact) mass is 284 g/mol. The molecule has 0 saturated carbocycles. The van der Waals surface area contributed by atoms with E-state index in [0.717, 1.165) is 26.1 Å². The Hall–Kier alpha value is -1.20. The van der Waals surface area contributed by atoms with Crippen LogP contribution in [0.2, 0.25) is 0 Å². The molecule has 1 aromatic rings. The van der Waals surface area contributed by atoms with Gasteiger partial charge in [-0.1, -0.05) is 0 Å². The van der Waals surface area contributed by atoms with Gasteiger partial charge in [0, 0.05) is 33.4 Å². The van der Waals surface area contributed by atoms with Gasteiger partial charge in [0.1, 0.15) is 17.3 Å². The highest BCUT2D eigenvalue weighted by molar-refractivity contribution is 5.50. The van der Waals surface area contributed by atoms with E-state index in [1.807, 2.05) is 0 Å². The lowest BCUT2D eigenvalue weighted by molar-refractivity contribution is 0.0684. The number of nitrogens with one attached hydrogen (secondary N) is 1. The van der Waals surface area contributed by atoms with Crippen molar-refractivity contribution < 1.29 is 13.5 Å². The molecule has 0 amide bonds. The van der Waals surface area contributed by atoms with Gasteiger partial charge in [0.25, 0.3) is 0 Å². The highest BCUT2D eigenvalue weighted by Gasteiger charge is 2.20. The van der Waals surface area contributed by atoms with Crippen molar-refractivity contribution in [3.05, 3.63) is 29.3 Å². The number of benzene rings is 1. The number of rotatable bonds is 5. The molecule has 1 fully saturated rings. The van der Waals surface area contributed by atoms with Gasteiger partial charge in [-0.05, 0) is 43.5 Å². The van der Waals surface area contributed by atoms with Gasteiger partial charge in [0.05, 0.1) is 0 Å². The summed E-state index contributed by atoms with van der Waals surface area (Å²) in [7, 11) is 3.50. The summed E-state index contributed by atoms with van der Waals surface area (Å²) in [4.78, 5) is 1.68. The molecule has 0 radical (unpaired) electrons. The van der Waals surface area contributed by atoms with Crippen LogP contribution in [0.5, 0.6) is 0 Å². The fourth-order valence-corrected chi connectivity index (χ4v) is 2.70. The largest absolute Gasteiger partial charge is 0.381 e. The number of nitrogens with zero attached hydrogens (tertiary/aromatic N) is 1. The van der Waals surface area contributed by atoms with Crippen LogP contribution in [0.25, 0.3) is 0 Å². The maximum absolute atomic E-state index is 14.1. The predicted octanol–water partition coefficient (Wildman–Crippen LogP) is 2.55. The van der Waals surface area contributed by atoms with Gasteiger partial charge in [-0.15, -0.1) is 0 Å². The second-order valence-electron chi connectivity index (χ2n) is 5.37. The zero-order valence-electron chi connectivity index (χ0n) is 12.1. The lowest BCUT2D eigenvalue weighted by Crippen LogP contribution is -2.30. The molecule has 20 heavy (non-hydrogen) atoms. The molecule has 0 aromatic heterocycles. The number of anilines is 1. The van der Waals surface area contributed by atoms with Crippen molar-refractivity contribution >= 4 is 5.69 Å². The first-order valence-electron chi connectivity index (χ1n) is 7.03. The molecular formula is C15H22F2N2O. The molecule has 1 aliphatic heterocycles. The molecule has 0 bridgehead atoms. The van der Waals surface area contributed by atoms with Gasteiger partial charge in [-0.2, -0.15) is 0 Å². The van der Waals surface area contributed by atoms with Crippen molar-refractivity contribution in [2.24, 2.45) is 5.92 Å². The second kappa shape index (κ2) is 6.99. The lowest BCUT2D eigenvalue weighted by Gasteiger charge is -2.29. The van der Waals surface area contributed by atoms with Crippen molar-refractivity contribution in [1.82, 2.24) is 5.32 Å². The first-order chi connectivity index (χ1) is 9.61. The second-order valence-corrected chi connectivity index (χ2v) is 5.37. The van der Waals surface area contributed by atoms with Crippen LogP contribution in [0.15, 0.2) is 12.1 Å². The summed E-state index contributed by atoms with van der Waals surface area (Å²) in [5.74, 6) is -0.556. The van der Waals surface area contributed by atoms with E-state index in [1.54, 1.807) is 19.0 Å². The van der Waals surface area contributed by atoms with Crippen molar-refractivity contribution in [1.29, 1.82) is 0 Å². The van der Waals surface area contributed by atoms with E-state index in [1.165, 1.54) is 12.1 Å².